The summed E-state index contributed by atoms with van der Waals surface area (Å²) in [5.41, 5.74) is 3.13. The highest BCUT2D eigenvalue weighted by atomic mass is 127. The van der Waals surface area contributed by atoms with Gasteiger partial charge in [-0.05, 0) is 77.4 Å². The molecule has 0 aliphatic heterocycles. The molecule has 0 saturated heterocycles. The van der Waals surface area contributed by atoms with Gasteiger partial charge in [-0.2, -0.15) is 0 Å². The van der Waals surface area contributed by atoms with Crippen molar-refractivity contribution in [3.05, 3.63) is 67.5 Å². The summed E-state index contributed by atoms with van der Waals surface area (Å²) >= 11 is 8.65. The molecule has 4 heteroatoms. The lowest BCUT2D eigenvalue weighted by atomic mass is 9.97. The number of rotatable bonds is 5. The average molecular weight is 418 g/mol. The molecule has 2 aromatic carbocycles. The molecule has 1 nitrogen and oxygen atoms in total. The van der Waals surface area contributed by atoms with Gasteiger partial charge in [0, 0.05) is 8.59 Å². The van der Waals surface area contributed by atoms with Crippen molar-refractivity contribution in [1.82, 2.24) is 5.32 Å². The third-order valence-corrected chi connectivity index (χ3v) is 5.22. The molecule has 112 valence electrons. The van der Waals surface area contributed by atoms with Crippen LogP contribution in [0.25, 0.3) is 0 Å². The van der Waals surface area contributed by atoms with Gasteiger partial charge in [-0.15, -0.1) is 0 Å². The van der Waals surface area contributed by atoms with E-state index in [1.807, 2.05) is 6.07 Å². The number of aryl methyl sites for hydroxylation is 1. The van der Waals surface area contributed by atoms with Crippen LogP contribution in [0.5, 0.6) is 0 Å². The van der Waals surface area contributed by atoms with Crippen LogP contribution < -0.4 is 5.32 Å². The fourth-order valence-electron chi connectivity index (χ4n) is 2.31. The first-order valence-corrected chi connectivity index (χ1v) is 8.43. The van der Waals surface area contributed by atoms with E-state index in [0.717, 1.165) is 24.1 Å². The summed E-state index contributed by atoms with van der Waals surface area (Å²) in [7, 11) is 0. The van der Waals surface area contributed by atoms with Gasteiger partial charge in [0.05, 0.1) is 6.04 Å². The monoisotopic (exact) mass is 417 g/mol. The standard InChI is InChI=1S/C17H18ClFIN/c1-3-9-21-17(13-6-4-5-11(2)16(13)20)14-10-12(19)7-8-15(14)18/h4-8,10,17,21H,3,9H2,1-2H3. The van der Waals surface area contributed by atoms with Gasteiger partial charge in [0.15, 0.2) is 0 Å². The molecule has 1 atom stereocenters. The zero-order valence-electron chi connectivity index (χ0n) is 12.1. The van der Waals surface area contributed by atoms with Crippen molar-refractivity contribution in [2.75, 3.05) is 6.54 Å². The van der Waals surface area contributed by atoms with E-state index >= 15 is 0 Å². The lowest BCUT2D eigenvalue weighted by Crippen LogP contribution is -2.24. The van der Waals surface area contributed by atoms with Crippen LogP contribution >= 0.6 is 34.2 Å². The fourth-order valence-corrected chi connectivity index (χ4v) is 3.20. The van der Waals surface area contributed by atoms with Gasteiger partial charge in [0.25, 0.3) is 0 Å². The molecular formula is C17H18ClFIN. The van der Waals surface area contributed by atoms with Gasteiger partial charge in [0.1, 0.15) is 5.82 Å². The van der Waals surface area contributed by atoms with Gasteiger partial charge in [0.2, 0.25) is 0 Å². The highest BCUT2D eigenvalue weighted by Crippen LogP contribution is 2.32. The molecule has 2 rings (SSSR count). The predicted molar refractivity (Wildman–Crippen MR) is 95.4 cm³/mol. The van der Waals surface area contributed by atoms with Gasteiger partial charge in [-0.3, -0.25) is 0 Å². The Morgan fingerprint density at radius 2 is 2.00 bits per heavy atom. The van der Waals surface area contributed by atoms with Crippen LogP contribution in [-0.2, 0) is 0 Å². The summed E-state index contributed by atoms with van der Waals surface area (Å²) in [6.07, 6.45) is 1.01. The number of nitrogens with one attached hydrogen (secondary N) is 1. The van der Waals surface area contributed by atoms with Crippen LogP contribution in [0.4, 0.5) is 4.39 Å². The Hall–Kier alpha value is -0.650. The Labute approximate surface area is 144 Å². The zero-order chi connectivity index (χ0) is 15.4. The largest absolute Gasteiger partial charge is 0.306 e. The van der Waals surface area contributed by atoms with Gasteiger partial charge < -0.3 is 5.32 Å². The van der Waals surface area contributed by atoms with E-state index in [1.165, 1.54) is 21.3 Å². The van der Waals surface area contributed by atoms with Crippen LogP contribution in [0.15, 0.2) is 36.4 Å². The van der Waals surface area contributed by atoms with Gasteiger partial charge in [-0.25, -0.2) is 4.39 Å². The van der Waals surface area contributed by atoms with Crippen LogP contribution in [-0.4, -0.2) is 6.54 Å². The van der Waals surface area contributed by atoms with Crippen molar-refractivity contribution in [3.63, 3.8) is 0 Å². The summed E-state index contributed by atoms with van der Waals surface area (Å²) in [5, 5.41) is 4.07. The molecule has 1 unspecified atom stereocenters. The predicted octanol–water partition coefficient (Wildman–Crippen LogP) is 5.48. The molecule has 0 aromatic heterocycles. The zero-order valence-corrected chi connectivity index (χ0v) is 15.0. The molecule has 0 bridgehead atoms. The van der Waals surface area contributed by atoms with E-state index < -0.39 is 0 Å². The molecule has 0 aliphatic rings. The SMILES string of the molecule is CCCNC(c1cc(F)ccc1Cl)c1cccc(C)c1I. The van der Waals surface area contributed by atoms with E-state index in [2.05, 4.69) is 53.9 Å². The highest BCUT2D eigenvalue weighted by molar-refractivity contribution is 14.1. The summed E-state index contributed by atoms with van der Waals surface area (Å²) in [5.74, 6) is -0.264. The number of benzene rings is 2. The summed E-state index contributed by atoms with van der Waals surface area (Å²) in [4.78, 5) is 0. The van der Waals surface area contributed by atoms with Crippen LogP contribution in [0, 0.1) is 16.3 Å². The van der Waals surface area contributed by atoms with Crippen LogP contribution in [0.3, 0.4) is 0 Å². The Bertz CT molecular complexity index is 628. The second-order valence-corrected chi connectivity index (χ2v) is 6.52. The lowest BCUT2D eigenvalue weighted by Gasteiger charge is -2.23. The summed E-state index contributed by atoms with van der Waals surface area (Å²) in [6, 6.07) is 10.6. The number of hydrogen-bond acceptors (Lipinski definition) is 1. The molecule has 2 aromatic rings. The fraction of sp³-hybridized carbons (Fsp3) is 0.294. The van der Waals surface area contributed by atoms with Crippen molar-refractivity contribution < 1.29 is 4.39 Å². The first-order valence-electron chi connectivity index (χ1n) is 6.98. The van der Waals surface area contributed by atoms with Gasteiger partial charge in [-0.1, -0.05) is 36.7 Å². The first kappa shape index (κ1) is 16.7. The van der Waals surface area contributed by atoms with E-state index in [0.29, 0.717) is 5.02 Å². The van der Waals surface area contributed by atoms with Crippen molar-refractivity contribution in [2.24, 2.45) is 0 Å². The smallest absolute Gasteiger partial charge is 0.123 e. The third kappa shape index (κ3) is 3.96. The third-order valence-electron chi connectivity index (χ3n) is 3.40. The molecule has 0 amide bonds. The molecule has 0 fully saturated rings. The van der Waals surface area contributed by atoms with Crippen LogP contribution in [0.2, 0.25) is 5.02 Å². The van der Waals surface area contributed by atoms with Crippen LogP contribution in [0.1, 0.15) is 36.1 Å². The van der Waals surface area contributed by atoms with Gasteiger partial charge >= 0.3 is 0 Å². The number of hydrogen-bond donors (Lipinski definition) is 1. The minimum absolute atomic E-state index is 0.0973. The lowest BCUT2D eigenvalue weighted by molar-refractivity contribution is 0.584. The Morgan fingerprint density at radius 3 is 2.71 bits per heavy atom. The van der Waals surface area contributed by atoms with E-state index in [-0.39, 0.29) is 11.9 Å². The first-order chi connectivity index (χ1) is 10.0. The summed E-state index contributed by atoms with van der Waals surface area (Å²) < 4.78 is 14.8. The van der Waals surface area contributed by atoms with E-state index in [4.69, 9.17) is 11.6 Å². The maximum absolute atomic E-state index is 13.6. The second kappa shape index (κ2) is 7.56. The molecule has 0 saturated carbocycles. The molecule has 0 radical (unpaired) electrons. The van der Waals surface area contributed by atoms with Crippen molar-refractivity contribution in [2.45, 2.75) is 26.3 Å². The highest BCUT2D eigenvalue weighted by Gasteiger charge is 2.20. The molecule has 21 heavy (non-hydrogen) atoms. The van der Waals surface area contributed by atoms with Crippen molar-refractivity contribution >= 4 is 34.2 Å². The molecule has 0 spiro atoms. The minimum atomic E-state index is -0.264. The Morgan fingerprint density at radius 1 is 1.24 bits per heavy atom. The van der Waals surface area contributed by atoms with Crippen molar-refractivity contribution in [3.8, 4) is 0 Å². The molecule has 1 N–H and O–H groups in total. The summed E-state index contributed by atoms with van der Waals surface area (Å²) in [6.45, 7) is 5.04. The van der Waals surface area contributed by atoms with Crippen molar-refractivity contribution in [1.29, 1.82) is 0 Å². The van der Waals surface area contributed by atoms with E-state index in [1.54, 1.807) is 6.07 Å². The second-order valence-electron chi connectivity index (χ2n) is 5.03. The minimum Gasteiger partial charge on any atom is -0.306 e. The normalized spacial score (nSPS) is 12.4. The topological polar surface area (TPSA) is 12.0 Å². The average Bonchev–Trinajstić information content (AvgIpc) is 2.47. The quantitative estimate of drug-likeness (QED) is 0.635. The molecule has 0 aliphatic carbocycles. The molecule has 0 heterocycles. The molecular weight excluding hydrogens is 400 g/mol. The maximum atomic E-state index is 13.6. The van der Waals surface area contributed by atoms with E-state index in [9.17, 15) is 4.39 Å². The Kier molecular flexibility index (Phi) is 6.02. The number of halogens is 3. The maximum Gasteiger partial charge on any atom is 0.123 e. The Balaban J connectivity index is 2.52.